The minimum atomic E-state index is -0.126. The molecule has 0 unspecified atom stereocenters. The molecule has 3 N–H and O–H groups in total. The molecule has 0 bridgehead atoms. The molecule has 0 aromatic carbocycles. The number of nitrogens with one attached hydrogen (secondary N) is 1. The van der Waals surface area contributed by atoms with Gasteiger partial charge in [-0.3, -0.25) is 0 Å². The fraction of sp³-hybridized carbons (Fsp3) is 0.833. The Labute approximate surface area is 59.5 Å². The largest absolute Gasteiger partial charge is 0.411 e. The summed E-state index contributed by atoms with van der Waals surface area (Å²) in [6, 6.07) is -0.126. The second kappa shape index (κ2) is 3.53. The van der Waals surface area contributed by atoms with Crippen LogP contribution in [0, 0.1) is 0 Å². The molecule has 0 aromatic rings. The zero-order valence-electron chi connectivity index (χ0n) is 5.75. The Hall–Kier alpha value is -0.610. The summed E-state index contributed by atoms with van der Waals surface area (Å²) in [6.07, 6.45) is 3.78. The van der Waals surface area contributed by atoms with Gasteiger partial charge in [-0.15, -0.1) is 0 Å². The van der Waals surface area contributed by atoms with Crippen molar-refractivity contribution in [1.82, 2.24) is 5.48 Å². The van der Waals surface area contributed by atoms with Crippen molar-refractivity contribution in [2.45, 2.75) is 31.7 Å². The van der Waals surface area contributed by atoms with Gasteiger partial charge in [0.1, 0.15) is 0 Å². The molecule has 0 radical (unpaired) electrons. The quantitative estimate of drug-likeness (QED) is 0.375. The van der Waals surface area contributed by atoms with E-state index in [0.717, 1.165) is 25.7 Å². The van der Waals surface area contributed by atoms with Gasteiger partial charge in [-0.25, -0.2) is 0 Å². The first kappa shape index (κ1) is 7.50. The van der Waals surface area contributed by atoms with Crippen LogP contribution in [0.25, 0.3) is 0 Å². The summed E-state index contributed by atoms with van der Waals surface area (Å²) in [6.45, 7) is 0. The molecule has 1 saturated carbocycles. The smallest absolute Gasteiger partial charge is 0.0763 e. The summed E-state index contributed by atoms with van der Waals surface area (Å²) < 4.78 is 0. The fourth-order valence-corrected chi connectivity index (χ4v) is 1.25. The molecule has 4 nitrogen and oxygen atoms in total. The summed E-state index contributed by atoms with van der Waals surface area (Å²) in [5.41, 5.74) is 2.78. The van der Waals surface area contributed by atoms with E-state index in [-0.39, 0.29) is 6.04 Å². The maximum Gasteiger partial charge on any atom is 0.0763 e. The van der Waals surface area contributed by atoms with E-state index in [0.29, 0.717) is 5.71 Å². The molecule has 1 aliphatic rings. The van der Waals surface area contributed by atoms with Gasteiger partial charge in [-0.2, -0.15) is 5.48 Å². The van der Waals surface area contributed by atoms with Crippen LogP contribution in [0.3, 0.4) is 0 Å². The van der Waals surface area contributed by atoms with Crippen LogP contribution in [0.5, 0.6) is 0 Å². The SMILES string of the molecule is ON=C1CCCC[C@H]1NO. The van der Waals surface area contributed by atoms with E-state index in [2.05, 4.69) is 10.6 Å². The molecular weight excluding hydrogens is 132 g/mol. The van der Waals surface area contributed by atoms with Crippen LogP contribution in [-0.2, 0) is 0 Å². The number of oxime groups is 1. The Morgan fingerprint density at radius 2 is 2.30 bits per heavy atom. The molecule has 0 spiro atoms. The minimum Gasteiger partial charge on any atom is -0.411 e. The van der Waals surface area contributed by atoms with Crippen molar-refractivity contribution in [3.63, 3.8) is 0 Å². The third kappa shape index (κ3) is 1.46. The van der Waals surface area contributed by atoms with Gasteiger partial charge in [0, 0.05) is 0 Å². The molecule has 1 atom stereocenters. The fourth-order valence-electron chi connectivity index (χ4n) is 1.25. The first-order chi connectivity index (χ1) is 4.88. The van der Waals surface area contributed by atoms with E-state index in [9.17, 15) is 0 Å². The lowest BCUT2D eigenvalue weighted by atomic mass is 9.94. The van der Waals surface area contributed by atoms with Gasteiger partial charge in [0.15, 0.2) is 0 Å². The van der Waals surface area contributed by atoms with Gasteiger partial charge < -0.3 is 10.4 Å². The lowest BCUT2D eigenvalue weighted by Gasteiger charge is -2.20. The van der Waals surface area contributed by atoms with Crippen LogP contribution in [-0.4, -0.2) is 22.2 Å². The summed E-state index contributed by atoms with van der Waals surface area (Å²) in [5, 5.41) is 20.1. The molecular formula is C6H12N2O2. The van der Waals surface area contributed by atoms with Gasteiger partial charge in [-0.05, 0) is 19.3 Å². The lowest BCUT2D eigenvalue weighted by Crippen LogP contribution is -2.36. The highest BCUT2D eigenvalue weighted by molar-refractivity contribution is 5.89. The average molecular weight is 144 g/mol. The van der Waals surface area contributed by atoms with E-state index in [1.54, 1.807) is 0 Å². The Balaban J connectivity index is 2.50. The number of rotatable bonds is 1. The lowest BCUT2D eigenvalue weighted by molar-refractivity contribution is 0.139. The van der Waals surface area contributed by atoms with Crippen molar-refractivity contribution in [2.24, 2.45) is 5.16 Å². The highest BCUT2D eigenvalue weighted by Crippen LogP contribution is 2.14. The van der Waals surface area contributed by atoms with Gasteiger partial charge in [-0.1, -0.05) is 11.6 Å². The molecule has 0 aromatic heterocycles. The van der Waals surface area contributed by atoms with Crippen molar-refractivity contribution in [1.29, 1.82) is 0 Å². The monoisotopic (exact) mass is 144 g/mol. The standard InChI is InChI=1S/C6H12N2O2/c9-7-5-3-1-2-4-6(5)8-10/h5,7,9-10H,1-4H2/t5-/m1/s1. The molecule has 0 aliphatic heterocycles. The Morgan fingerprint density at radius 1 is 1.50 bits per heavy atom. The van der Waals surface area contributed by atoms with Gasteiger partial charge in [0.05, 0.1) is 11.8 Å². The summed E-state index contributed by atoms with van der Waals surface area (Å²) in [4.78, 5) is 0. The first-order valence-electron chi connectivity index (χ1n) is 3.49. The predicted molar refractivity (Wildman–Crippen MR) is 36.4 cm³/mol. The highest BCUT2D eigenvalue weighted by Gasteiger charge is 2.19. The predicted octanol–water partition coefficient (Wildman–Crippen LogP) is 0.738. The van der Waals surface area contributed by atoms with Crippen LogP contribution >= 0.6 is 0 Å². The molecule has 1 aliphatic carbocycles. The normalized spacial score (nSPS) is 30.9. The summed E-state index contributed by atoms with van der Waals surface area (Å²) in [7, 11) is 0. The summed E-state index contributed by atoms with van der Waals surface area (Å²) in [5.74, 6) is 0. The zero-order valence-corrected chi connectivity index (χ0v) is 5.75. The van der Waals surface area contributed by atoms with Crippen molar-refractivity contribution in [2.75, 3.05) is 0 Å². The Morgan fingerprint density at radius 3 is 2.80 bits per heavy atom. The van der Waals surface area contributed by atoms with E-state index in [1.807, 2.05) is 0 Å². The number of hydrogen-bond donors (Lipinski definition) is 3. The van der Waals surface area contributed by atoms with E-state index in [4.69, 9.17) is 10.4 Å². The minimum absolute atomic E-state index is 0.126. The van der Waals surface area contributed by atoms with E-state index in [1.165, 1.54) is 0 Å². The first-order valence-corrected chi connectivity index (χ1v) is 3.49. The number of nitrogens with zero attached hydrogens (tertiary/aromatic N) is 1. The zero-order chi connectivity index (χ0) is 7.40. The number of hydroxylamine groups is 1. The third-order valence-corrected chi connectivity index (χ3v) is 1.86. The van der Waals surface area contributed by atoms with E-state index < -0.39 is 0 Å². The van der Waals surface area contributed by atoms with Gasteiger partial charge in [0.25, 0.3) is 0 Å². The van der Waals surface area contributed by atoms with Crippen molar-refractivity contribution >= 4 is 5.71 Å². The Kier molecular flexibility index (Phi) is 2.65. The van der Waals surface area contributed by atoms with Crippen molar-refractivity contribution in [3.8, 4) is 0 Å². The number of hydrogen-bond acceptors (Lipinski definition) is 4. The van der Waals surface area contributed by atoms with Crippen LogP contribution in [0.2, 0.25) is 0 Å². The van der Waals surface area contributed by atoms with Crippen LogP contribution in [0.1, 0.15) is 25.7 Å². The van der Waals surface area contributed by atoms with Crippen LogP contribution < -0.4 is 5.48 Å². The van der Waals surface area contributed by atoms with Gasteiger partial charge >= 0.3 is 0 Å². The van der Waals surface area contributed by atoms with Crippen molar-refractivity contribution in [3.05, 3.63) is 0 Å². The maximum absolute atomic E-state index is 8.55. The second-order valence-corrected chi connectivity index (χ2v) is 2.52. The molecule has 0 amide bonds. The van der Waals surface area contributed by atoms with Crippen LogP contribution in [0.4, 0.5) is 0 Å². The maximum atomic E-state index is 8.55. The molecule has 0 heterocycles. The van der Waals surface area contributed by atoms with Crippen molar-refractivity contribution < 1.29 is 10.4 Å². The van der Waals surface area contributed by atoms with Gasteiger partial charge in [0.2, 0.25) is 0 Å². The Bertz CT molecular complexity index is 136. The summed E-state index contributed by atoms with van der Waals surface area (Å²) >= 11 is 0. The van der Waals surface area contributed by atoms with Crippen LogP contribution in [0.15, 0.2) is 5.16 Å². The molecule has 4 heteroatoms. The molecule has 1 rings (SSSR count). The average Bonchev–Trinajstić information content (AvgIpc) is 2.04. The third-order valence-electron chi connectivity index (χ3n) is 1.86. The molecule has 1 fully saturated rings. The molecule has 10 heavy (non-hydrogen) atoms. The highest BCUT2D eigenvalue weighted by atomic mass is 16.5. The molecule has 58 valence electrons. The molecule has 0 saturated heterocycles. The topological polar surface area (TPSA) is 64.9 Å². The second-order valence-electron chi connectivity index (χ2n) is 2.52. The van der Waals surface area contributed by atoms with E-state index >= 15 is 0 Å².